The van der Waals surface area contributed by atoms with Crippen LogP contribution in [0.15, 0.2) is 24.3 Å². The van der Waals surface area contributed by atoms with E-state index in [0.29, 0.717) is 30.0 Å². The second kappa shape index (κ2) is 9.93. The van der Waals surface area contributed by atoms with Gasteiger partial charge in [-0.1, -0.05) is 31.9 Å². The molecule has 0 unspecified atom stereocenters. The maximum atomic E-state index is 11.9. The van der Waals surface area contributed by atoms with Crippen molar-refractivity contribution in [3.05, 3.63) is 34.9 Å². The molecule has 0 aliphatic heterocycles. The Balaban J connectivity index is 2.33. The zero-order valence-corrected chi connectivity index (χ0v) is 14.6. The number of aliphatic carboxylic acids is 1. The van der Waals surface area contributed by atoms with Crippen LogP contribution in [0.25, 0.3) is 0 Å². The summed E-state index contributed by atoms with van der Waals surface area (Å²) in [6, 6.07) is 5.61. The van der Waals surface area contributed by atoms with Gasteiger partial charge in [0.05, 0.1) is 0 Å². The summed E-state index contributed by atoms with van der Waals surface area (Å²) in [6.07, 6.45) is 1.24. The van der Waals surface area contributed by atoms with Crippen molar-refractivity contribution >= 4 is 29.4 Å². The number of rotatable bonds is 9. The summed E-state index contributed by atoms with van der Waals surface area (Å²) in [4.78, 5) is 34.8. The smallest absolute Gasteiger partial charge is 0.326 e. The molecule has 3 N–H and O–H groups in total. The van der Waals surface area contributed by atoms with Crippen molar-refractivity contribution in [2.45, 2.75) is 39.2 Å². The Morgan fingerprint density at radius 2 is 1.83 bits per heavy atom. The highest BCUT2D eigenvalue weighted by Gasteiger charge is 2.24. The van der Waals surface area contributed by atoms with E-state index in [1.54, 1.807) is 31.2 Å². The van der Waals surface area contributed by atoms with Gasteiger partial charge in [-0.3, -0.25) is 9.59 Å². The van der Waals surface area contributed by atoms with Gasteiger partial charge in [0.1, 0.15) is 6.04 Å². The fourth-order valence-corrected chi connectivity index (χ4v) is 2.21. The summed E-state index contributed by atoms with van der Waals surface area (Å²) >= 11 is 5.76. The maximum Gasteiger partial charge on any atom is 0.326 e. The van der Waals surface area contributed by atoms with Crippen LogP contribution in [0, 0.1) is 5.92 Å². The molecule has 0 radical (unpaired) electrons. The molecular formula is C17H23ClN2O4. The van der Waals surface area contributed by atoms with Crippen molar-refractivity contribution in [1.82, 2.24) is 10.6 Å². The number of carbonyl (C=O) groups excluding carboxylic acids is 2. The molecule has 0 saturated carbocycles. The first-order valence-electron chi connectivity index (χ1n) is 7.91. The van der Waals surface area contributed by atoms with Crippen LogP contribution < -0.4 is 10.6 Å². The molecular weight excluding hydrogens is 332 g/mol. The molecule has 0 bridgehead atoms. The van der Waals surface area contributed by atoms with Crippen molar-refractivity contribution in [1.29, 1.82) is 0 Å². The summed E-state index contributed by atoms with van der Waals surface area (Å²) in [5.74, 6) is -1.75. The van der Waals surface area contributed by atoms with E-state index in [-0.39, 0.29) is 24.2 Å². The molecule has 1 rings (SSSR count). The third-order valence-corrected chi connectivity index (χ3v) is 4.02. The van der Waals surface area contributed by atoms with Crippen molar-refractivity contribution in [3.8, 4) is 0 Å². The van der Waals surface area contributed by atoms with Gasteiger partial charge in [0.2, 0.25) is 5.91 Å². The normalized spacial score (nSPS) is 13.0. The van der Waals surface area contributed by atoms with E-state index in [1.807, 2.05) is 6.92 Å². The molecule has 7 heteroatoms. The number of amides is 2. The SMILES string of the molecule is CC[C@H](C)[C@H](NC(=O)CCCNC(=O)c1ccc(Cl)cc1)C(=O)O. The van der Waals surface area contributed by atoms with Crippen LogP contribution in [-0.4, -0.2) is 35.5 Å². The lowest BCUT2D eigenvalue weighted by molar-refractivity contribution is -0.143. The van der Waals surface area contributed by atoms with Gasteiger partial charge >= 0.3 is 5.97 Å². The highest BCUT2D eigenvalue weighted by Crippen LogP contribution is 2.10. The summed E-state index contributed by atoms with van der Waals surface area (Å²) in [5.41, 5.74) is 0.492. The Labute approximate surface area is 146 Å². The lowest BCUT2D eigenvalue weighted by Crippen LogP contribution is -2.45. The van der Waals surface area contributed by atoms with E-state index in [4.69, 9.17) is 16.7 Å². The molecule has 24 heavy (non-hydrogen) atoms. The second-order valence-electron chi connectivity index (χ2n) is 5.64. The van der Waals surface area contributed by atoms with Crippen LogP contribution in [0.2, 0.25) is 5.02 Å². The quantitative estimate of drug-likeness (QED) is 0.593. The Bertz CT molecular complexity index is 574. The minimum Gasteiger partial charge on any atom is -0.480 e. The minimum atomic E-state index is -1.03. The van der Waals surface area contributed by atoms with Gasteiger partial charge in [0, 0.05) is 23.6 Å². The third-order valence-electron chi connectivity index (χ3n) is 3.77. The molecule has 6 nitrogen and oxygen atoms in total. The van der Waals surface area contributed by atoms with E-state index < -0.39 is 12.0 Å². The van der Waals surface area contributed by atoms with Gasteiger partial charge in [-0.05, 0) is 36.6 Å². The molecule has 0 aliphatic rings. The van der Waals surface area contributed by atoms with Crippen molar-refractivity contribution in [3.63, 3.8) is 0 Å². The third kappa shape index (κ3) is 6.58. The van der Waals surface area contributed by atoms with E-state index >= 15 is 0 Å². The van der Waals surface area contributed by atoms with E-state index in [1.165, 1.54) is 0 Å². The van der Waals surface area contributed by atoms with Crippen molar-refractivity contribution in [2.75, 3.05) is 6.54 Å². The summed E-state index contributed by atoms with van der Waals surface area (Å²) in [5, 5.41) is 14.9. The highest BCUT2D eigenvalue weighted by molar-refractivity contribution is 6.30. The van der Waals surface area contributed by atoms with Gasteiger partial charge < -0.3 is 15.7 Å². The molecule has 0 aromatic heterocycles. The van der Waals surface area contributed by atoms with Crippen LogP contribution in [0.5, 0.6) is 0 Å². The fourth-order valence-electron chi connectivity index (χ4n) is 2.08. The first-order valence-corrected chi connectivity index (χ1v) is 8.28. The average Bonchev–Trinajstić information content (AvgIpc) is 2.56. The first-order chi connectivity index (χ1) is 11.3. The Kier molecular flexibility index (Phi) is 8.26. The molecule has 2 atom stereocenters. The van der Waals surface area contributed by atoms with Crippen LogP contribution in [0.1, 0.15) is 43.5 Å². The Hall–Kier alpha value is -2.08. The predicted molar refractivity (Wildman–Crippen MR) is 92.0 cm³/mol. The molecule has 0 fully saturated rings. The van der Waals surface area contributed by atoms with Crippen LogP contribution >= 0.6 is 11.6 Å². The lowest BCUT2D eigenvalue weighted by atomic mass is 9.99. The Morgan fingerprint density at radius 1 is 1.21 bits per heavy atom. The molecule has 0 aliphatic carbocycles. The second-order valence-corrected chi connectivity index (χ2v) is 6.07. The highest BCUT2D eigenvalue weighted by atomic mass is 35.5. The van der Waals surface area contributed by atoms with Crippen LogP contribution in [0.3, 0.4) is 0 Å². The molecule has 1 aromatic carbocycles. The van der Waals surface area contributed by atoms with Gasteiger partial charge in [-0.2, -0.15) is 0 Å². The summed E-state index contributed by atoms with van der Waals surface area (Å²) in [7, 11) is 0. The number of hydrogen-bond acceptors (Lipinski definition) is 3. The number of carbonyl (C=O) groups is 3. The largest absolute Gasteiger partial charge is 0.480 e. The van der Waals surface area contributed by atoms with E-state index in [0.717, 1.165) is 0 Å². The number of benzene rings is 1. The summed E-state index contributed by atoms with van der Waals surface area (Å²) in [6.45, 7) is 3.99. The zero-order valence-electron chi connectivity index (χ0n) is 13.8. The lowest BCUT2D eigenvalue weighted by Gasteiger charge is -2.20. The number of halogens is 1. The van der Waals surface area contributed by atoms with Gasteiger partial charge in [0.25, 0.3) is 5.91 Å². The average molecular weight is 355 g/mol. The van der Waals surface area contributed by atoms with E-state index in [9.17, 15) is 14.4 Å². The Morgan fingerprint density at radius 3 is 2.38 bits per heavy atom. The topological polar surface area (TPSA) is 95.5 Å². The van der Waals surface area contributed by atoms with Crippen LogP contribution in [0.4, 0.5) is 0 Å². The van der Waals surface area contributed by atoms with Gasteiger partial charge in [-0.25, -0.2) is 4.79 Å². The number of carboxylic acid groups (broad SMARTS) is 1. The predicted octanol–water partition coefficient (Wildman–Crippen LogP) is 2.47. The number of nitrogens with one attached hydrogen (secondary N) is 2. The van der Waals surface area contributed by atoms with E-state index in [2.05, 4.69) is 10.6 Å². The zero-order chi connectivity index (χ0) is 18.1. The fraction of sp³-hybridized carbons (Fsp3) is 0.471. The number of carboxylic acids is 1. The molecule has 0 saturated heterocycles. The standard InChI is InChI=1S/C17H23ClN2O4/c1-3-11(2)15(17(23)24)20-14(21)5-4-10-19-16(22)12-6-8-13(18)9-7-12/h6-9,11,15H,3-5,10H2,1-2H3,(H,19,22)(H,20,21)(H,23,24)/t11-,15-/m0/s1. The summed E-state index contributed by atoms with van der Waals surface area (Å²) < 4.78 is 0. The number of hydrogen-bond donors (Lipinski definition) is 3. The molecule has 0 heterocycles. The van der Waals surface area contributed by atoms with Crippen molar-refractivity contribution < 1.29 is 19.5 Å². The van der Waals surface area contributed by atoms with Gasteiger partial charge in [-0.15, -0.1) is 0 Å². The van der Waals surface area contributed by atoms with Gasteiger partial charge in [0.15, 0.2) is 0 Å². The van der Waals surface area contributed by atoms with Crippen molar-refractivity contribution in [2.24, 2.45) is 5.92 Å². The first kappa shape index (κ1) is 20.0. The molecule has 132 valence electrons. The maximum absolute atomic E-state index is 11.9. The monoisotopic (exact) mass is 354 g/mol. The molecule has 1 aromatic rings. The minimum absolute atomic E-state index is 0.143. The van der Waals surface area contributed by atoms with Crippen LogP contribution in [-0.2, 0) is 9.59 Å². The molecule has 0 spiro atoms. The molecule has 2 amide bonds.